The van der Waals surface area contributed by atoms with Crippen molar-refractivity contribution in [3.05, 3.63) is 38.8 Å². The molecular formula is C10H11N3O6. The van der Waals surface area contributed by atoms with Crippen LogP contribution in [-0.2, 0) is 16.1 Å². The topological polar surface area (TPSA) is 132 Å². The summed E-state index contributed by atoms with van der Waals surface area (Å²) in [5, 5.41) is 21.3. The third-order valence-corrected chi connectivity index (χ3v) is 2.24. The summed E-state index contributed by atoms with van der Waals surface area (Å²) >= 11 is 0. The van der Waals surface area contributed by atoms with E-state index in [1.54, 1.807) is 0 Å². The van der Waals surface area contributed by atoms with Crippen LogP contribution in [-0.4, -0.2) is 32.5 Å². The minimum absolute atomic E-state index is 0.335. The highest BCUT2D eigenvalue weighted by Gasteiger charge is 2.15. The monoisotopic (exact) mass is 269 g/mol. The zero-order valence-corrected chi connectivity index (χ0v) is 9.90. The van der Waals surface area contributed by atoms with Gasteiger partial charge in [-0.1, -0.05) is 0 Å². The lowest BCUT2D eigenvalue weighted by atomic mass is 10.3. The second kappa shape index (κ2) is 5.76. The molecule has 0 aliphatic rings. The van der Waals surface area contributed by atoms with Gasteiger partial charge in [-0.2, -0.15) is 0 Å². The smallest absolute Gasteiger partial charge is 0.325 e. The van der Waals surface area contributed by atoms with Crippen LogP contribution >= 0.6 is 0 Å². The molecule has 0 aliphatic heterocycles. The molecule has 0 bridgehead atoms. The van der Waals surface area contributed by atoms with Gasteiger partial charge in [0, 0.05) is 12.1 Å². The van der Waals surface area contributed by atoms with Gasteiger partial charge >= 0.3 is 5.97 Å². The third-order valence-electron chi connectivity index (χ3n) is 2.24. The average molecular weight is 269 g/mol. The lowest BCUT2D eigenvalue weighted by Crippen LogP contribution is -2.41. The maximum atomic E-state index is 11.5. The summed E-state index contributed by atoms with van der Waals surface area (Å²) in [6.07, 6.45) is 0.924. The first-order chi connectivity index (χ1) is 8.81. The number of nitrogens with one attached hydrogen (secondary N) is 1. The molecule has 0 fully saturated rings. The predicted molar refractivity (Wildman–Crippen MR) is 62.6 cm³/mol. The van der Waals surface area contributed by atoms with Gasteiger partial charge in [0.1, 0.15) is 12.6 Å². The van der Waals surface area contributed by atoms with Crippen LogP contribution in [0.3, 0.4) is 0 Å². The van der Waals surface area contributed by atoms with E-state index in [0.29, 0.717) is 0 Å². The number of nitro groups is 1. The maximum Gasteiger partial charge on any atom is 0.325 e. The fourth-order valence-corrected chi connectivity index (χ4v) is 1.25. The minimum Gasteiger partial charge on any atom is -0.480 e. The van der Waals surface area contributed by atoms with Crippen LogP contribution < -0.4 is 10.9 Å². The number of nitrogens with zero attached hydrogens (tertiary/aromatic N) is 2. The second-order valence-electron chi connectivity index (χ2n) is 3.74. The Labute approximate surface area is 106 Å². The van der Waals surface area contributed by atoms with Crippen molar-refractivity contribution in [2.75, 3.05) is 0 Å². The molecule has 2 N–H and O–H groups in total. The summed E-state index contributed by atoms with van der Waals surface area (Å²) in [4.78, 5) is 43.2. The Morgan fingerprint density at radius 2 is 2.16 bits per heavy atom. The highest BCUT2D eigenvalue weighted by Crippen LogP contribution is 2.06. The van der Waals surface area contributed by atoms with Crippen LogP contribution in [0, 0.1) is 10.1 Å². The van der Waals surface area contributed by atoms with Crippen LogP contribution in [0.25, 0.3) is 0 Å². The summed E-state index contributed by atoms with van der Waals surface area (Å²) in [6.45, 7) is 0.772. The van der Waals surface area contributed by atoms with E-state index in [1.165, 1.54) is 6.92 Å². The van der Waals surface area contributed by atoms with E-state index in [1.807, 2.05) is 0 Å². The highest BCUT2D eigenvalue weighted by atomic mass is 16.6. The number of carbonyl (C=O) groups is 2. The summed E-state index contributed by atoms with van der Waals surface area (Å²) < 4.78 is 0.835. The number of pyridine rings is 1. The molecule has 0 radical (unpaired) electrons. The number of carboxylic acid groups (broad SMARTS) is 1. The van der Waals surface area contributed by atoms with Crippen molar-refractivity contribution < 1.29 is 19.6 Å². The second-order valence-corrected chi connectivity index (χ2v) is 3.74. The molecule has 102 valence electrons. The predicted octanol–water partition coefficient (Wildman–Crippen LogP) is -0.654. The first-order valence-corrected chi connectivity index (χ1v) is 5.18. The van der Waals surface area contributed by atoms with Crippen molar-refractivity contribution in [1.29, 1.82) is 0 Å². The van der Waals surface area contributed by atoms with E-state index < -0.39 is 34.9 Å². The summed E-state index contributed by atoms with van der Waals surface area (Å²) in [7, 11) is 0. The molecule has 1 amide bonds. The van der Waals surface area contributed by atoms with Crippen LogP contribution in [0.2, 0.25) is 0 Å². The zero-order chi connectivity index (χ0) is 14.6. The molecule has 0 aromatic carbocycles. The molecule has 0 unspecified atom stereocenters. The number of carbonyl (C=O) groups excluding carboxylic acids is 1. The Bertz CT molecular complexity index is 579. The quantitative estimate of drug-likeness (QED) is 0.539. The van der Waals surface area contributed by atoms with E-state index in [9.17, 15) is 24.5 Å². The molecule has 1 heterocycles. The van der Waals surface area contributed by atoms with Crippen molar-refractivity contribution in [3.8, 4) is 0 Å². The SMILES string of the molecule is C[C@@H](NC(=O)Cn1cc([N+](=O)[O-])ccc1=O)C(=O)O. The lowest BCUT2D eigenvalue weighted by molar-refractivity contribution is -0.385. The van der Waals surface area contributed by atoms with Gasteiger partial charge in [-0.15, -0.1) is 0 Å². The first kappa shape index (κ1) is 14.4. The van der Waals surface area contributed by atoms with Gasteiger partial charge in [0.15, 0.2) is 0 Å². The van der Waals surface area contributed by atoms with Crippen LogP contribution in [0.15, 0.2) is 23.1 Å². The minimum atomic E-state index is -1.22. The molecule has 1 rings (SSSR count). The van der Waals surface area contributed by atoms with Crippen molar-refractivity contribution >= 4 is 17.6 Å². The number of aromatic nitrogens is 1. The lowest BCUT2D eigenvalue weighted by Gasteiger charge is -2.10. The Hall–Kier alpha value is -2.71. The number of carboxylic acids is 1. The molecule has 0 saturated carbocycles. The van der Waals surface area contributed by atoms with Crippen molar-refractivity contribution in [2.45, 2.75) is 19.5 Å². The van der Waals surface area contributed by atoms with Gasteiger partial charge in [-0.25, -0.2) is 0 Å². The molecule has 1 atom stereocenters. The van der Waals surface area contributed by atoms with Gasteiger partial charge < -0.3 is 10.4 Å². The number of amides is 1. The number of hydrogen-bond donors (Lipinski definition) is 2. The Morgan fingerprint density at radius 1 is 1.53 bits per heavy atom. The Balaban J connectivity index is 2.84. The van der Waals surface area contributed by atoms with Gasteiger partial charge in [0.05, 0.1) is 11.1 Å². The first-order valence-electron chi connectivity index (χ1n) is 5.18. The Kier molecular flexibility index (Phi) is 4.35. The summed E-state index contributed by atoms with van der Waals surface area (Å²) in [5.41, 5.74) is -0.928. The van der Waals surface area contributed by atoms with Crippen LogP contribution in [0.5, 0.6) is 0 Å². The van der Waals surface area contributed by atoms with Gasteiger partial charge in [-0.3, -0.25) is 29.1 Å². The van der Waals surface area contributed by atoms with Gasteiger partial charge in [0.25, 0.3) is 11.2 Å². The third kappa shape index (κ3) is 3.91. The van der Waals surface area contributed by atoms with E-state index >= 15 is 0 Å². The van der Waals surface area contributed by atoms with E-state index in [4.69, 9.17) is 5.11 Å². The van der Waals surface area contributed by atoms with E-state index in [2.05, 4.69) is 5.32 Å². The molecule has 9 heteroatoms. The van der Waals surface area contributed by atoms with Gasteiger partial charge in [0.2, 0.25) is 5.91 Å². The maximum absolute atomic E-state index is 11.5. The van der Waals surface area contributed by atoms with Crippen molar-refractivity contribution in [1.82, 2.24) is 9.88 Å². The standard InChI is InChI=1S/C10H11N3O6/c1-6(10(16)17)11-8(14)5-12-4-7(13(18)19)2-3-9(12)15/h2-4,6H,5H2,1H3,(H,11,14)(H,16,17)/t6-/m1/s1. The molecule has 1 aromatic heterocycles. The molecular weight excluding hydrogens is 258 g/mol. The molecule has 19 heavy (non-hydrogen) atoms. The molecule has 1 aromatic rings. The molecule has 9 nitrogen and oxygen atoms in total. The van der Waals surface area contributed by atoms with E-state index in [-0.39, 0.29) is 5.69 Å². The van der Waals surface area contributed by atoms with Crippen molar-refractivity contribution in [2.24, 2.45) is 0 Å². The zero-order valence-electron chi connectivity index (χ0n) is 9.90. The number of rotatable bonds is 5. The van der Waals surface area contributed by atoms with Crippen LogP contribution in [0.4, 0.5) is 5.69 Å². The fraction of sp³-hybridized carbons (Fsp3) is 0.300. The molecule has 0 aliphatic carbocycles. The van der Waals surface area contributed by atoms with E-state index in [0.717, 1.165) is 22.9 Å². The molecule has 0 saturated heterocycles. The Morgan fingerprint density at radius 3 is 2.68 bits per heavy atom. The average Bonchev–Trinajstić information content (AvgIpc) is 2.31. The number of aliphatic carboxylic acids is 1. The molecule has 0 spiro atoms. The number of hydrogen-bond acceptors (Lipinski definition) is 5. The van der Waals surface area contributed by atoms with Crippen molar-refractivity contribution in [3.63, 3.8) is 0 Å². The largest absolute Gasteiger partial charge is 0.480 e. The summed E-state index contributed by atoms with van der Waals surface area (Å²) in [5.74, 6) is -1.95. The van der Waals surface area contributed by atoms with Gasteiger partial charge in [-0.05, 0) is 6.92 Å². The fourth-order valence-electron chi connectivity index (χ4n) is 1.25. The van der Waals surface area contributed by atoms with Crippen LogP contribution in [0.1, 0.15) is 6.92 Å². The normalized spacial score (nSPS) is 11.6. The summed E-state index contributed by atoms with van der Waals surface area (Å²) in [6, 6.07) is 0.879. The highest BCUT2D eigenvalue weighted by molar-refractivity contribution is 5.83.